The van der Waals surface area contributed by atoms with Gasteiger partial charge in [0.05, 0.1) is 16.4 Å². The molecule has 0 saturated carbocycles. The largest absolute Gasteiger partial charge is 0.486 e. The Kier molecular flexibility index (Phi) is 4.29. The number of carboxylic acids is 1. The average Bonchev–Trinajstić information content (AvgIpc) is 2.71. The molecule has 0 saturated heterocycles. The van der Waals surface area contributed by atoms with Crippen molar-refractivity contribution in [3.05, 3.63) is 46.2 Å². The number of para-hydroxylation sites is 1. The molecule has 1 aromatic heterocycles. The Balaban J connectivity index is 2.21. The van der Waals surface area contributed by atoms with Gasteiger partial charge in [0, 0.05) is 7.05 Å². The minimum Gasteiger partial charge on any atom is -0.486 e. The second-order valence-corrected chi connectivity index (χ2v) is 4.65. The number of ether oxygens (including phenoxy) is 1. The van der Waals surface area contributed by atoms with Crippen LogP contribution in [0.5, 0.6) is 5.75 Å². The number of benzene rings is 1. The van der Waals surface area contributed by atoms with Gasteiger partial charge >= 0.3 is 5.97 Å². The van der Waals surface area contributed by atoms with Crippen LogP contribution in [0, 0.1) is 0 Å². The van der Waals surface area contributed by atoms with E-state index in [1.54, 1.807) is 29.9 Å². The summed E-state index contributed by atoms with van der Waals surface area (Å²) >= 11 is 6.22. The van der Waals surface area contributed by atoms with Crippen molar-refractivity contribution >= 4 is 17.6 Å². The second-order valence-electron chi connectivity index (χ2n) is 4.27. The molecule has 0 spiro atoms. The van der Waals surface area contributed by atoms with Crippen molar-refractivity contribution < 1.29 is 14.6 Å². The van der Waals surface area contributed by atoms with Gasteiger partial charge in [0.2, 0.25) is 0 Å². The number of hydrogen-bond donors (Lipinski definition) is 1. The van der Waals surface area contributed by atoms with Crippen LogP contribution in [0.15, 0.2) is 24.3 Å². The summed E-state index contributed by atoms with van der Waals surface area (Å²) in [6.07, 6.45) is 0.735. The van der Waals surface area contributed by atoms with E-state index >= 15 is 0 Å². The molecule has 1 N–H and O–H groups in total. The van der Waals surface area contributed by atoms with Crippen molar-refractivity contribution in [1.82, 2.24) is 9.78 Å². The molecule has 6 heteroatoms. The van der Waals surface area contributed by atoms with E-state index in [4.69, 9.17) is 21.4 Å². The minimum atomic E-state index is -1.02. The molecule has 2 rings (SSSR count). The molecule has 0 radical (unpaired) electrons. The van der Waals surface area contributed by atoms with Crippen LogP contribution in [-0.4, -0.2) is 20.9 Å². The third-order valence-corrected chi connectivity index (χ3v) is 3.42. The van der Waals surface area contributed by atoms with E-state index in [0.717, 1.165) is 17.8 Å². The Labute approximate surface area is 121 Å². The highest BCUT2D eigenvalue weighted by atomic mass is 35.5. The van der Waals surface area contributed by atoms with E-state index < -0.39 is 5.97 Å². The lowest BCUT2D eigenvalue weighted by Crippen LogP contribution is -2.06. The number of carbonyl (C=O) groups is 1. The van der Waals surface area contributed by atoms with Crippen LogP contribution >= 0.6 is 11.6 Å². The number of rotatable bonds is 5. The summed E-state index contributed by atoms with van der Waals surface area (Å²) in [6.45, 7) is 2.14. The van der Waals surface area contributed by atoms with Crippen LogP contribution in [0.25, 0.3) is 0 Å². The quantitative estimate of drug-likeness (QED) is 0.921. The normalized spacial score (nSPS) is 10.6. The molecule has 0 aliphatic rings. The lowest BCUT2D eigenvalue weighted by molar-refractivity contribution is 0.0691. The van der Waals surface area contributed by atoms with Gasteiger partial charge in [-0.25, -0.2) is 4.79 Å². The maximum Gasteiger partial charge on any atom is 0.339 e. The van der Waals surface area contributed by atoms with E-state index in [-0.39, 0.29) is 12.2 Å². The number of aromatic carboxylic acids is 1. The van der Waals surface area contributed by atoms with E-state index in [1.807, 2.05) is 6.92 Å². The van der Waals surface area contributed by atoms with Crippen molar-refractivity contribution in [1.29, 1.82) is 0 Å². The van der Waals surface area contributed by atoms with Crippen molar-refractivity contribution in [2.75, 3.05) is 0 Å². The third kappa shape index (κ3) is 2.77. The van der Waals surface area contributed by atoms with Gasteiger partial charge in [-0.2, -0.15) is 5.10 Å². The average molecular weight is 295 g/mol. The van der Waals surface area contributed by atoms with Crippen LogP contribution < -0.4 is 4.74 Å². The third-order valence-electron chi connectivity index (χ3n) is 2.98. The molecule has 0 unspecified atom stereocenters. The highest BCUT2D eigenvalue weighted by Gasteiger charge is 2.15. The van der Waals surface area contributed by atoms with Gasteiger partial charge in [-0.15, -0.1) is 0 Å². The van der Waals surface area contributed by atoms with Gasteiger partial charge in [-0.3, -0.25) is 4.68 Å². The Morgan fingerprint density at radius 3 is 2.75 bits per heavy atom. The van der Waals surface area contributed by atoms with Gasteiger partial charge in [0.25, 0.3) is 0 Å². The zero-order chi connectivity index (χ0) is 14.7. The van der Waals surface area contributed by atoms with E-state index in [1.165, 1.54) is 6.07 Å². The van der Waals surface area contributed by atoms with Gasteiger partial charge in [-0.1, -0.05) is 30.7 Å². The highest BCUT2D eigenvalue weighted by molar-refractivity contribution is 6.31. The highest BCUT2D eigenvalue weighted by Crippen LogP contribution is 2.24. The molecule has 0 aliphatic carbocycles. The molecule has 106 valence electrons. The number of nitrogens with zero attached hydrogens (tertiary/aromatic N) is 2. The molecule has 1 aromatic carbocycles. The monoisotopic (exact) mass is 294 g/mol. The number of hydrogen-bond acceptors (Lipinski definition) is 3. The summed E-state index contributed by atoms with van der Waals surface area (Å²) in [5.74, 6) is -0.707. The summed E-state index contributed by atoms with van der Waals surface area (Å²) in [4.78, 5) is 11.1. The van der Waals surface area contributed by atoms with Crippen LogP contribution in [0.1, 0.15) is 28.7 Å². The Bertz CT molecular complexity index is 637. The van der Waals surface area contributed by atoms with Gasteiger partial charge < -0.3 is 9.84 Å². The Hall–Kier alpha value is -2.01. The first-order valence-electron chi connectivity index (χ1n) is 6.20. The van der Waals surface area contributed by atoms with Crippen LogP contribution in [0.2, 0.25) is 5.02 Å². The lowest BCUT2D eigenvalue weighted by atomic mass is 10.2. The molecule has 0 fully saturated rings. The van der Waals surface area contributed by atoms with E-state index in [9.17, 15) is 4.79 Å². The van der Waals surface area contributed by atoms with Crippen molar-refractivity contribution in [2.45, 2.75) is 20.0 Å². The van der Waals surface area contributed by atoms with Crippen molar-refractivity contribution in [3.8, 4) is 5.75 Å². The zero-order valence-corrected chi connectivity index (χ0v) is 12.0. The fourth-order valence-electron chi connectivity index (χ4n) is 1.89. The molecular weight excluding hydrogens is 280 g/mol. The molecule has 0 atom stereocenters. The topological polar surface area (TPSA) is 64.4 Å². The summed E-state index contributed by atoms with van der Waals surface area (Å²) in [5, 5.41) is 13.9. The molecule has 2 aromatic rings. The number of aryl methyl sites for hydroxylation is 2. The molecule has 0 amide bonds. The van der Waals surface area contributed by atoms with Gasteiger partial charge in [0.15, 0.2) is 0 Å². The van der Waals surface area contributed by atoms with Crippen molar-refractivity contribution in [3.63, 3.8) is 0 Å². The lowest BCUT2D eigenvalue weighted by Gasteiger charge is -2.09. The van der Waals surface area contributed by atoms with Crippen LogP contribution in [-0.2, 0) is 20.1 Å². The Morgan fingerprint density at radius 2 is 2.15 bits per heavy atom. The van der Waals surface area contributed by atoms with Gasteiger partial charge in [0.1, 0.15) is 17.9 Å². The number of aromatic nitrogens is 2. The van der Waals surface area contributed by atoms with E-state index in [0.29, 0.717) is 10.8 Å². The standard InChI is InChI=1S/C14H15ClN2O3/c1-3-10-13(15)11(17(2)16-10)8-20-12-7-5-4-6-9(12)14(18)19/h4-7H,3,8H2,1-2H3,(H,18,19). The predicted octanol–water partition coefficient (Wildman–Crippen LogP) is 2.91. The maximum absolute atomic E-state index is 11.1. The second kappa shape index (κ2) is 5.96. The zero-order valence-electron chi connectivity index (χ0n) is 11.3. The summed E-state index contributed by atoms with van der Waals surface area (Å²) in [5.41, 5.74) is 1.66. The summed E-state index contributed by atoms with van der Waals surface area (Å²) in [7, 11) is 1.78. The molecule has 0 aliphatic heterocycles. The maximum atomic E-state index is 11.1. The fraction of sp³-hybridized carbons (Fsp3) is 0.286. The Morgan fingerprint density at radius 1 is 1.45 bits per heavy atom. The number of carboxylic acid groups (broad SMARTS) is 1. The molecule has 20 heavy (non-hydrogen) atoms. The first-order valence-corrected chi connectivity index (χ1v) is 6.57. The summed E-state index contributed by atoms with van der Waals surface area (Å²) in [6, 6.07) is 6.50. The molecule has 5 nitrogen and oxygen atoms in total. The predicted molar refractivity (Wildman–Crippen MR) is 75.3 cm³/mol. The van der Waals surface area contributed by atoms with Crippen LogP contribution in [0.3, 0.4) is 0 Å². The minimum absolute atomic E-state index is 0.126. The SMILES string of the molecule is CCc1nn(C)c(COc2ccccc2C(=O)O)c1Cl. The van der Waals surface area contributed by atoms with Crippen molar-refractivity contribution in [2.24, 2.45) is 7.05 Å². The molecule has 1 heterocycles. The molecule has 0 bridgehead atoms. The van der Waals surface area contributed by atoms with E-state index in [2.05, 4.69) is 5.10 Å². The summed E-state index contributed by atoms with van der Waals surface area (Å²) < 4.78 is 7.24. The van der Waals surface area contributed by atoms with Crippen LogP contribution in [0.4, 0.5) is 0 Å². The fourth-order valence-corrected chi connectivity index (χ4v) is 2.24. The smallest absolute Gasteiger partial charge is 0.339 e. The first kappa shape index (κ1) is 14.4. The van der Waals surface area contributed by atoms with Gasteiger partial charge in [-0.05, 0) is 18.6 Å². The number of halogens is 1. The molecular formula is C14H15ClN2O3. The first-order chi connectivity index (χ1) is 9.54.